The highest BCUT2D eigenvalue weighted by Gasteiger charge is 2.23. The molecule has 1 heterocycles. The molecule has 0 radical (unpaired) electrons. The summed E-state index contributed by atoms with van der Waals surface area (Å²) in [6, 6.07) is 10.8. The van der Waals surface area contributed by atoms with Crippen molar-refractivity contribution in [1.29, 1.82) is 0 Å². The van der Waals surface area contributed by atoms with Gasteiger partial charge in [0.1, 0.15) is 0 Å². The van der Waals surface area contributed by atoms with Crippen LogP contribution in [-0.2, 0) is 0 Å². The second-order valence-electron chi connectivity index (χ2n) is 4.78. The standard InChI is InChI=1S/C14H14ClN5O/c15-10-3-1-2-4-11(10)17-12-7-8-13(20-19-12)18-14(21)16-9-5-6-9/h1-4,7-9H,5-6H2,(H,17,19)(H2,16,18,20,21). The van der Waals surface area contributed by atoms with Crippen molar-refractivity contribution < 1.29 is 4.79 Å². The number of amides is 2. The third-order valence-electron chi connectivity index (χ3n) is 2.96. The van der Waals surface area contributed by atoms with Crippen LogP contribution in [0.25, 0.3) is 0 Å². The van der Waals surface area contributed by atoms with E-state index in [1.54, 1.807) is 18.2 Å². The second kappa shape index (κ2) is 5.97. The first-order valence-corrected chi connectivity index (χ1v) is 7.01. The maximum Gasteiger partial charge on any atom is 0.320 e. The minimum atomic E-state index is -0.251. The number of carbonyl (C=O) groups excluding carboxylic acids is 1. The van der Waals surface area contributed by atoms with E-state index in [-0.39, 0.29) is 6.03 Å². The average Bonchev–Trinajstić information content (AvgIpc) is 3.27. The van der Waals surface area contributed by atoms with Crippen LogP contribution in [-0.4, -0.2) is 22.3 Å². The number of hydrogen-bond acceptors (Lipinski definition) is 4. The number of anilines is 3. The van der Waals surface area contributed by atoms with Crippen LogP contribution in [0.1, 0.15) is 12.8 Å². The molecule has 7 heteroatoms. The Balaban J connectivity index is 1.61. The monoisotopic (exact) mass is 303 g/mol. The van der Waals surface area contributed by atoms with Gasteiger partial charge in [-0.1, -0.05) is 23.7 Å². The molecule has 1 aromatic heterocycles. The van der Waals surface area contributed by atoms with Crippen molar-refractivity contribution in [2.24, 2.45) is 0 Å². The van der Waals surface area contributed by atoms with Crippen LogP contribution in [0, 0.1) is 0 Å². The van der Waals surface area contributed by atoms with Gasteiger partial charge in [-0.15, -0.1) is 10.2 Å². The van der Waals surface area contributed by atoms with E-state index >= 15 is 0 Å². The Labute approximate surface area is 126 Å². The molecule has 21 heavy (non-hydrogen) atoms. The molecule has 0 saturated heterocycles. The molecule has 1 aliphatic rings. The van der Waals surface area contributed by atoms with Gasteiger partial charge in [-0.25, -0.2) is 4.79 Å². The molecule has 108 valence electrons. The second-order valence-corrected chi connectivity index (χ2v) is 5.19. The van der Waals surface area contributed by atoms with E-state index < -0.39 is 0 Å². The lowest BCUT2D eigenvalue weighted by molar-refractivity contribution is 0.251. The number of halogens is 1. The van der Waals surface area contributed by atoms with Gasteiger partial charge in [0.05, 0.1) is 10.7 Å². The highest BCUT2D eigenvalue weighted by atomic mass is 35.5. The van der Waals surface area contributed by atoms with Crippen LogP contribution in [0.3, 0.4) is 0 Å². The lowest BCUT2D eigenvalue weighted by Gasteiger charge is -2.08. The molecule has 1 aliphatic carbocycles. The molecule has 2 amide bonds. The van der Waals surface area contributed by atoms with Gasteiger partial charge in [-0.05, 0) is 37.1 Å². The van der Waals surface area contributed by atoms with Crippen molar-refractivity contribution in [1.82, 2.24) is 15.5 Å². The van der Waals surface area contributed by atoms with Gasteiger partial charge < -0.3 is 10.6 Å². The van der Waals surface area contributed by atoms with Gasteiger partial charge in [0.2, 0.25) is 0 Å². The molecule has 6 nitrogen and oxygen atoms in total. The summed E-state index contributed by atoms with van der Waals surface area (Å²) in [5.41, 5.74) is 0.751. The van der Waals surface area contributed by atoms with Crippen LogP contribution >= 0.6 is 11.6 Å². The molecule has 0 unspecified atom stereocenters. The Morgan fingerprint density at radius 3 is 2.48 bits per heavy atom. The molecule has 0 spiro atoms. The minimum absolute atomic E-state index is 0.251. The number of benzene rings is 1. The summed E-state index contributed by atoms with van der Waals surface area (Å²) >= 11 is 6.05. The first-order valence-electron chi connectivity index (χ1n) is 6.63. The lowest BCUT2D eigenvalue weighted by atomic mass is 10.3. The SMILES string of the molecule is O=C(Nc1ccc(Nc2ccccc2Cl)nn1)NC1CC1. The van der Waals surface area contributed by atoms with Crippen molar-refractivity contribution in [2.45, 2.75) is 18.9 Å². The molecule has 0 aliphatic heterocycles. The number of para-hydroxylation sites is 1. The molecular weight excluding hydrogens is 290 g/mol. The number of aromatic nitrogens is 2. The van der Waals surface area contributed by atoms with Crippen LogP contribution < -0.4 is 16.0 Å². The quantitative estimate of drug-likeness (QED) is 0.810. The third kappa shape index (κ3) is 3.82. The zero-order valence-corrected chi connectivity index (χ0v) is 11.9. The van der Waals surface area contributed by atoms with Crippen molar-refractivity contribution in [2.75, 3.05) is 10.6 Å². The van der Waals surface area contributed by atoms with Gasteiger partial charge in [0.15, 0.2) is 11.6 Å². The van der Waals surface area contributed by atoms with Crippen molar-refractivity contribution in [3.05, 3.63) is 41.4 Å². The van der Waals surface area contributed by atoms with E-state index in [1.807, 2.05) is 18.2 Å². The molecule has 0 bridgehead atoms. The van der Waals surface area contributed by atoms with E-state index in [0.29, 0.717) is 22.7 Å². The Morgan fingerprint density at radius 2 is 1.81 bits per heavy atom. The zero-order chi connectivity index (χ0) is 14.7. The van der Waals surface area contributed by atoms with Gasteiger partial charge in [0.25, 0.3) is 0 Å². The van der Waals surface area contributed by atoms with Gasteiger partial charge in [0, 0.05) is 6.04 Å². The fourth-order valence-corrected chi connectivity index (χ4v) is 1.91. The summed E-state index contributed by atoms with van der Waals surface area (Å²) in [6.07, 6.45) is 2.08. The molecule has 1 saturated carbocycles. The van der Waals surface area contributed by atoms with Gasteiger partial charge in [-0.2, -0.15) is 0 Å². The highest BCUT2D eigenvalue weighted by molar-refractivity contribution is 6.33. The smallest absolute Gasteiger partial charge is 0.320 e. The number of carbonyl (C=O) groups is 1. The van der Waals surface area contributed by atoms with E-state index in [2.05, 4.69) is 26.1 Å². The Kier molecular flexibility index (Phi) is 3.87. The van der Waals surface area contributed by atoms with Gasteiger partial charge >= 0.3 is 6.03 Å². The van der Waals surface area contributed by atoms with E-state index in [4.69, 9.17) is 11.6 Å². The summed E-state index contributed by atoms with van der Waals surface area (Å²) in [5, 5.41) is 17.1. The fourth-order valence-electron chi connectivity index (χ4n) is 1.73. The van der Waals surface area contributed by atoms with Crippen LogP contribution in [0.4, 0.5) is 22.1 Å². The molecule has 2 aromatic rings. The predicted octanol–water partition coefficient (Wildman–Crippen LogP) is 3.16. The number of hydrogen-bond donors (Lipinski definition) is 3. The maximum absolute atomic E-state index is 11.6. The van der Waals surface area contributed by atoms with E-state index in [1.165, 1.54) is 0 Å². The molecule has 0 atom stereocenters. The topological polar surface area (TPSA) is 78.9 Å². The molecule has 3 N–H and O–H groups in total. The Bertz CT molecular complexity index is 642. The zero-order valence-electron chi connectivity index (χ0n) is 11.1. The molecular formula is C14H14ClN5O. The lowest BCUT2D eigenvalue weighted by Crippen LogP contribution is -2.30. The number of rotatable bonds is 4. The van der Waals surface area contributed by atoms with Crippen molar-refractivity contribution in [3.63, 3.8) is 0 Å². The van der Waals surface area contributed by atoms with Crippen molar-refractivity contribution >= 4 is 35.0 Å². The summed E-state index contributed by atoms with van der Waals surface area (Å²) in [4.78, 5) is 11.6. The number of nitrogens with zero attached hydrogens (tertiary/aromatic N) is 2. The first-order chi connectivity index (χ1) is 10.2. The van der Waals surface area contributed by atoms with Gasteiger partial charge in [-0.3, -0.25) is 5.32 Å². The number of urea groups is 1. The first kappa shape index (κ1) is 13.6. The van der Waals surface area contributed by atoms with E-state index in [9.17, 15) is 4.79 Å². The predicted molar refractivity (Wildman–Crippen MR) is 81.9 cm³/mol. The molecule has 1 aromatic carbocycles. The normalized spacial score (nSPS) is 13.6. The minimum Gasteiger partial charge on any atom is -0.338 e. The molecule has 1 fully saturated rings. The summed E-state index contributed by atoms with van der Waals surface area (Å²) in [6.45, 7) is 0. The maximum atomic E-state index is 11.6. The highest BCUT2D eigenvalue weighted by Crippen LogP contribution is 2.23. The van der Waals surface area contributed by atoms with Crippen LogP contribution in [0.15, 0.2) is 36.4 Å². The van der Waals surface area contributed by atoms with E-state index in [0.717, 1.165) is 18.5 Å². The summed E-state index contributed by atoms with van der Waals surface area (Å²) < 4.78 is 0. The summed E-state index contributed by atoms with van der Waals surface area (Å²) in [7, 11) is 0. The largest absolute Gasteiger partial charge is 0.338 e. The Morgan fingerprint density at radius 1 is 1.10 bits per heavy atom. The Hall–Kier alpha value is -2.34. The van der Waals surface area contributed by atoms with Crippen LogP contribution in [0.5, 0.6) is 0 Å². The number of nitrogens with one attached hydrogen (secondary N) is 3. The average molecular weight is 304 g/mol. The van der Waals surface area contributed by atoms with Crippen molar-refractivity contribution in [3.8, 4) is 0 Å². The summed E-state index contributed by atoms with van der Waals surface area (Å²) in [5.74, 6) is 0.953. The fraction of sp³-hybridized carbons (Fsp3) is 0.214. The third-order valence-corrected chi connectivity index (χ3v) is 3.28. The van der Waals surface area contributed by atoms with Crippen LogP contribution in [0.2, 0.25) is 5.02 Å². The molecule has 3 rings (SSSR count).